The summed E-state index contributed by atoms with van der Waals surface area (Å²) in [6.07, 6.45) is 0.854. The van der Waals surface area contributed by atoms with Gasteiger partial charge in [0.2, 0.25) is 15.9 Å². The molecular formula is C19H19ClF2N2O4S. The number of carbonyl (C=O) groups is 1. The molecular weight excluding hydrogens is 426 g/mol. The number of sulfonamides is 1. The minimum atomic E-state index is -3.97. The summed E-state index contributed by atoms with van der Waals surface area (Å²) in [4.78, 5) is 12.5. The Morgan fingerprint density at radius 2 is 2.00 bits per heavy atom. The van der Waals surface area contributed by atoms with Crippen molar-refractivity contribution < 1.29 is 26.7 Å². The number of piperidine rings is 1. The van der Waals surface area contributed by atoms with E-state index in [-0.39, 0.29) is 34.4 Å². The molecule has 0 aromatic heterocycles. The summed E-state index contributed by atoms with van der Waals surface area (Å²) in [6, 6.07) is 6.99. The van der Waals surface area contributed by atoms with Crippen LogP contribution in [-0.4, -0.2) is 38.8 Å². The van der Waals surface area contributed by atoms with Crippen molar-refractivity contribution in [2.75, 3.05) is 25.5 Å². The van der Waals surface area contributed by atoms with E-state index in [1.54, 1.807) is 0 Å². The van der Waals surface area contributed by atoms with Gasteiger partial charge in [-0.3, -0.25) is 4.79 Å². The second kappa shape index (κ2) is 8.64. The minimum Gasteiger partial charge on any atom is -0.495 e. The fraction of sp³-hybridized carbons (Fsp3) is 0.316. The molecule has 0 aliphatic carbocycles. The summed E-state index contributed by atoms with van der Waals surface area (Å²) in [6.45, 7) is 0.122. The van der Waals surface area contributed by atoms with Crippen LogP contribution in [-0.2, 0) is 14.8 Å². The van der Waals surface area contributed by atoms with E-state index in [0.29, 0.717) is 12.8 Å². The van der Waals surface area contributed by atoms with Crippen molar-refractivity contribution >= 4 is 33.2 Å². The first-order valence-corrected chi connectivity index (χ1v) is 10.6. The Kier molecular flexibility index (Phi) is 6.40. The number of nitrogens with zero attached hydrogens (tertiary/aromatic N) is 1. The molecule has 10 heteroatoms. The summed E-state index contributed by atoms with van der Waals surface area (Å²) in [5.41, 5.74) is -0.286. The molecule has 3 rings (SSSR count). The average Bonchev–Trinajstić information content (AvgIpc) is 2.70. The highest BCUT2D eigenvalue weighted by Gasteiger charge is 2.35. The van der Waals surface area contributed by atoms with Crippen molar-refractivity contribution in [2.45, 2.75) is 17.7 Å². The topological polar surface area (TPSA) is 75.7 Å². The van der Waals surface area contributed by atoms with Gasteiger partial charge >= 0.3 is 0 Å². The first-order valence-electron chi connectivity index (χ1n) is 8.82. The highest BCUT2D eigenvalue weighted by atomic mass is 35.5. The summed E-state index contributed by atoms with van der Waals surface area (Å²) in [5, 5.41) is 2.58. The lowest BCUT2D eigenvalue weighted by molar-refractivity contribution is -0.120. The number of hydrogen-bond donors (Lipinski definition) is 1. The number of halogens is 3. The zero-order valence-corrected chi connectivity index (χ0v) is 17.1. The van der Waals surface area contributed by atoms with E-state index in [0.717, 1.165) is 18.2 Å². The molecule has 1 saturated heterocycles. The molecule has 1 aliphatic heterocycles. The lowest BCUT2D eigenvalue weighted by Crippen LogP contribution is -2.43. The predicted molar refractivity (Wildman–Crippen MR) is 104 cm³/mol. The van der Waals surface area contributed by atoms with Crippen LogP contribution in [0, 0.1) is 17.6 Å². The standard InChI is InChI=1S/C19H19ClF2N2O4S/c1-28-17-7-4-13(20)9-18(17)29(26,27)24-8-2-3-12(11-24)19(25)23-16-10-14(21)5-6-15(16)22/h4-7,9-10,12H,2-3,8,11H2,1H3,(H,23,25). The van der Waals surface area contributed by atoms with Crippen molar-refractivity contribution in [3.63, 3.8) is 0 Å². The van der Waals surface area contributed by atoms with Crippen LogP contribution in [0.4, 0.5) is 14.5 Å². The number of rotatable bonds is 5. The molecule has 156 valence electrons. The Bertz CT molecular complexity index is 1030. The van der Waals surface area contributed by atoms with Gasteiger partial charge in [0.25, 0.3) is 0 Å². The van der Waals surface area contributed by atoms with Crippen molar-refractivity contribution in [3.05, 3.63) is 53.1 Å². The van der Waals surface area contributed by atoms with Crippen molar-refractivity contribution in [1.82, 2.24) is 4.31 Å². The summed E-state index contributed by atoms with van der Waals surface area (Å²) < 4.78 is 59.6. The fourth-order valence-electron chi connectivity index (χ4n) is 3.19. The van der Waals surface area contributed by atoms with E-state index >= 15 is 0 Å². The Hall–Kier alpha value is -2.23. The Balaban J connectivity index is 1.80. The number of amides is 1. The zero-order chi connectivity index (χ0) is 21.2. The maximum atomic E-state index is 13.8. The number of benzene rings is 2. The highest BCUT2D eigenvalue weighted by Crippen LogP contribution is 2.32. The first kappa shape index (κ1) is 21.5. The summed E-state index contributed by atoms with van der Waals surface area (Å²) in [7, 11) is -2.62. The van der Waals surface area contributed by atoms with Crippen molar-refractivity contribution in [1.29, 1.82) is 0 Å². The quantitative estimate of drug-likeness (QED) is 0.763. The van der Waals surface area contributed by atoms with Gasteiger partial charge in [-0.15, -0.1) is 0 Å². The molecule has 1 fully saturated rings. The molecule has 0 spiro atoms. The number of carbonyl (C=O) groups excluding carboxylic acids is 1. The van der Waals surface area contributed by atoms with Crippen LogP contribution in [0.5, 0.6) is 5.75 Å². The van der Waals surface area contributed by atoms with Gasteiger partial charge in [0.15, 0.2) is 0 Å². The molecule has 1 N–H and O–H groups in total. The van der Waals surface area contributed by atoms with Crippen LogP contribution in [0.2, 0.25) is 5.02 Å². The Morgan fingerprint density at radius 1 is 1.24 bits per heavy atom. The number of anilines is 1. The second-order valence-corrected chi connectivity index (χ2v) is 8.95. The maximum Gasteiger partial charge on any atom is 0.246 e. The van der Waals surface area contributed by atoms with Gasteiger partial charge in [-0.1, -0.05) is 11.6 Å². The SMILES string of the molecule is COc1ccc(Cl)cc1S(=O)(=O)N1CCCC(C(=O)Nc2cc(F)ccc2F)C1. The van der Waals surface area contributed by atoms with Gasteiger partial charge in [0, 0.05) is 24.2 Å². The van der Waals surface area contributed by atoms with Crippen LogP contribution in [0.1, 0.15) is 12.8 Å². The smallest absolute Gasteiger partial charge is 0.246 e. The van der Waals surface area contributed by atoms with E-state index in [9.17, 15) is 22.0 Å². The third-order valence-electron chi connectivity index (χ3n) is 4.68. The van der Waals surface area contributed by atoms with Crippen LogP contribution in [0.15, 0.2) is 41.3 Å². The average molecular weight is 445 g/mol. The molecule has 0 radical (unpaired) electrons. The van der Waals surface area contributed by atoms with Crippen LogP contribution < -0.4 is 10.1 Å². The van der Waals surface area contributed by atoms with Gasteiger partial charge in [-0.2, -0.15) is 4.31 Å². The third-order valence-corrected chi connectivity index (χ3v) is 6.81. The molecule has 0 bridgehead atoms. The maximum absolute atomic E-state index is 13.8. The molecule has 1 atom stereocenters. The van der Waals surface area contributed by atoms with Crippen molar-refractivity contribution in [3.8, 4) is 5.75 Å². The molecule has 1 heterocycles. The summed E-state index contributed by atoms with van der Waals surface area (Å²) in [5.74, 6) is -2.62. The first-order chi connectivity index (χ1) is 13.7. The van der Waals surface area contributed by atoms with Gasteiger partial charge in [0.05, 0.1) is 18.7 Å². The number of methoxy groups -OCH3 is 1. The van der Waals surface area contributed by atoms with Crippen LogP contribution in [0.25, 0.3) is 0 Å². The molecule has 6 nitrogen and oxygen atoms in total. The van der Waals surface area contributed by atoms with Gasteiger partial charge in [-0.25, -0.2) is 17.2 Å². The highest BCUT2D eigenvalue weighted by molar-refractivity contribution is 7.89. The van der Waals surface area contributed by atoms with Crippen molar-refractivity contribution in [2.24, 2.45) is 5.92 Å². The monoisotopic (exact) mass is 444 g/mol. The van der Waals surface area contributed by atoms with Crippen LogP contribution in [0.3, 0.4) is 0 Å². The zero-order valence-electron chi connectivity index (χ0n) is 15.5. The number of nitrogens with one attached hydrogen (secondary N) is 1. The minimum absolute atomic E-state index is 0.0928. The van der Waals surface area contributed by atoms with Gasteiger partial charge in [0.1, 0.15) is 22.3 Å². The van der Waals surface area contributed by atoms with Gasteiger partial charge in [-0.05, 0) is 43.2 Å². The molecule has 2 aromatic carbocycles. The lowest BCUT2D eigenvalue weighted by atomic mass is 9.98. The van der Waals surface area contributed by atoms with E-state index in [4.69, 9.17) is 16.3 Å². The normalized spacial score (nSPS) is 17.7. The van der Waals surface area contributed by atoms with E-state index in [1.807, 2.05) is 0 Å². The fourth-order valence-corrected chi connectivity index (χ4v) is 5.14. The molecule has 2 aromatic rings. The lowest BCUT2D eigenvalue weighted by Gasteiger charge is -2.31. The van der Waals surface area contributed by atoms with E-state index in [1.165, 1.54) is 29.6 Å². The Morgan fingerprint density at radius 3 is 2.72 bits per heavy atom. The second-order valence-electron chi connectivity index (χ2n) is 6.61. The van der Waals surface area contributed by atoms with Crippen LogP contribution >= 0.6 is 11.6 Å². The van der Waals surface area contributed by atoms with E-state index in [2.05, 4.69) is 5.32 Å². The molecule has 1 aliphatic rings. The molecule has 1 amide bonds. The Labute approximate surface area is 172 Å². The van der Waals surface area contributed by atoms with Gasteiger partial charge < -0.3 is 10.1 Å². The number of hydrogen-bond acceptors (Lipinski definition) is 4. The van der Waals surface area contributed by atoms with E-state index < -0.39 is 33.5 Å². The molecule has 1 unspecified atom stereocenters. The largest absolute Gasteiger partial charge is 0.495 e. The molecule has 0 saturated carbocycles. The predicted octanol–water partition coefficient (Wildman–Crippen LogP) is 3.67. The third kappa shape index (κ3) is 4.68. The number of ether oxygens (including phenoxy) is 1. The summed E-state index contributed by atoms with van der Waals surface area (Å²) >= 11 is 5.95. The molecule has 29 heavy (non-hydrogen) atoms.